The van der Waals surface area contributed by atoms with Gasteiger partial charge in [-0.15, -0.1) is 0 Å². The van der Waals surface area contributed by atoms with Gasteiger partial charge in [-0.1, -0.05) is 37.3 Å². The van der Waals surface area contributed by atoms with Crippen molar-refractivity contribution >= 4 is 27.5 Å². The monoisotopic (exact) mass is 372 g/mol. The number of hydrogen-bond donors (Lipinski definition) is 1. The molecule has 7 heteroatoms. The molecule has 3 rings (SSSR count). The summed E-state index contributed by atoms with van der Waals surface area (Å²) in [7, 11) is -3.69. The van der Waals surface area contributed by atoms with Gasteiger partial charge in [-0.2, -0.15) is 0 Å². The molecule has 6 nitrogen and oxygen atoms in total. The van der Waals surface area contributed by atoms with E-state index in [4.69, 9.17) is 0 Å². The Morgan fingerprint density at radius 2 is 1.92 bits per heavy atom. The summed E-state index contributed by atoms with van der Waals surface area (Å²) in [6.07, 6.45) is 0. The first-order valence-corrected chi connectivity index (χ1v) is 9.90. The highest BCUT2D eigenvalue weighted by molar-refractivity contribution is 7.94. The molecule has 1 aliphatic heterocycles. The van der Waals surface area contributed by atoms with Gasteiger partial charge >= 0.3 is 0 Å². The van der Waals surface area contributed by atoms with Crippen LogP contribution in [0.3, 0.4) is 0 Å². The van der Waals surface area contributed by atoms with Crippen LogP contribution in [0.25, 0.3) is 0 Å². The van der Waals surface area contributed by atoms with E-state index in [0.29, 0.717) is 12.1 Å². The second kappa shape index (κ2) is 6.92. The molecule has 136 valence electrons. The van der Waals surface area contributed by atoms with Gasteiger partial charge in [0, 0.05) is 12.1 Å². The van der Waals surface area contributed by atoms with Crippen LogP contribution < -0.4 is 9.62 Å². The third kappa shape index (κ3) is 3.48. The van der Waals surface area contributed by atoms with Crippen LogP contribution in [-0.4, -0.2) is 26.0 Å². The highest BCUT2D eigenvalue weighted by Crippen LogP contribution is 2.28. The molecule has 1 fully saturated rings. The molecule has 0 unspecified atom stereocenters. The molecule has 2 aromatic rings. The number of hydrogen-bond acceptors (Lipinski definition) is 4. The Balaban J connectivity index is 1.80. The van der Waals surface area contributed by atoms with Crippen molar-refractivity contribution < 1.29 is 18.0 Å². The molecule has 1 saturated heterocycles. The van der Waals surface area contributed by atoms with Crippen LogP contribution in [0.2, 0.25) is 0 Å². The molecular formula is C19H20N2O4S. The number of carbonyl (C=O) groups excluding carboxylic acids is 2. The fourth-order valence-electron chi connectivity index (χ4n) is 2.95. The fourth-order valence-corrected chi connectivity index (χ4v) is 4.76. The van der Waals surface area contributed by atoms with Crippen LogP contribution >= 0.6 is 0 Å². The Labute approximate surface area is 152 Å². The summed E-state index contributed by atoms with van der Waals surface area (Å²) in [5.74, 6) is -1.59. The first kappa shape index (κ1) is 18.1. The maximum Gasteiger partial charge on any atom is 0.251 e. The summed E-state index contributed by atoms with van der Waals surface area (Å²) >= 11 is 0. The Morgan fingerprint density at radius 1 is 1.19 bits per heavy atom. The molecule has 0 bridgehead atoms. The van der Waals surface area contributed by atoms with E-state index < -0.39 is 21.8 Å². The van der Waals surface area contributed by atoms with Crippen molar-refractivity contribution in [2.45, 2.75) is 20.4 Å². The Hall–Kier alpha value is -2.67. The van der Waals surface area contributed by atoms with Crippen LogP contribution in [0.15, 0.2) is 48.5 Å². The van der Waals surface area contributed by atoms with Gasteiger partial charge in [-0.05, 0) is 36.2 Å². The number of nitrogens with one attached hydrogen (secondary N) is 1. The second-order valence-electron chi connectivity index (χ2n) is 6.44. The molecule has 26 heavy (non-hydrogen) atoms. The van der Waals surface area contributed by atoms with Crippen LogP contribution in [0.4, 0.5) is 5.69 Å². The molecule has 1 N–H and O–H groups in total. The minimum Gasteiger partial charge on any atom is -0.348 e. The number of amides is 2. The minimum absolute atomic E-state index is 0.197. The molecule has 1 atom stereocenters. The van der Waals surface area contributed by atoms with Gasteiger partial charge in [0.1, 0.15) is 0 Å². The zero-order valence-corrected chi connectivity index (χ0v) is 15.4. The van der Waals surface area contributed by atoms with Crippen LogP contribution in [0.5, 0.6) is 0 Å². The van der Waals surface area contributed by atoms with Crippen molar-refractivity contribution in [2.24, 2.45) is 5.92 Å². The smallest absolute Gasteiger partial charge is 0.251 e. The number of sulfonamides is 1. The van der Waals surface area contributed by atoms with Gasteiger partial charge in [-0.3, -0.25) is 9.59 Å². The first-order valence-electron chi connectivity index (χ1n) is 8.29. The molecule has 0 saturated carbocycles. The van der Waals surface area contributed by atoms with Crippen LogP contribution in [0, 0.1) is 12.8 Å². The summed E-state index contributed by atoms with van der Waals surface area (Å²) in [5.41, 5.74) is 2.58. The highest BCUT2D eigenvalue weighted by atomic mass is 32.2. The fraction of sp³-hybridized carbons (Fsp3) is 0.263. The van der Waals surface area contributed by atoms with E-state index in [1.807, 2.05) is 31.2 Å². The lowest BCUT2D eigenvalue weighted by molar-refractivity contribution is -0.119. The highest BCUT2D eigenvalue weighted by Gasteiger charge is 2.42. The number of carbonyl (C=O) groups is 2. The topological polar surface area (TPSA) is 83.6 Å². The van der Waals surface area contributed by atoms with Gasteiger partial charge in [-0.25, -0.2) is 12.7 Å². The average Bonchev–Trinajstić information content (AvgIpc) is 2.81. The summed E-state index contributed by atoms with van der Waals surface area (Å²) in [4.78, 5) is 24.6. The lowest BCUT2D eigenvalue weighted by Crippen LogP contribution is -2.30. The van der Waals surface area contributed by atoms with Gasteiger partial charge in [0.2, 0.25) is 15.9 Å². The summed E-state index contributed by atoms with van der Waals surface area (Å²) in [5, 5.41) is 2.82. The summed E-state index contributed by atoms with van der Waals surface area (Å²) in [6, 6.07) is 13.8. The molecule has 2 aromatic carbocycles. The zero-order valence-electron chi connectivity index (χ0n) is 14.6. The standard InChI is InChI=1S/C19H20N2O4S/c1-13-6-3-4-7-16(13)11-20-18(22)15-8-5-9-17(10-15)21-19(23)14(2)12-26(21,24)25/h3-10,14H,11-12H2,1-2H3,(H,20,22)/t14-/m0/s1. The first-order chi connectivity index (χ1) is 12.3. The average molecular weight is 372 g/mol. The Morgan fingerprint density at radius 3 is 2.58 bits per heavy atom. The van der Waals surface area contributed by atoms with E-state index >= 15 is 0 Å². The van der Waals surface area contributed by atoms with Crippen LogP contribution in [-0.2, 0) is 21.4 Å². The molecule has 0 aliphatic carbocycles. The normalized spacial score (nSPS) is 18.8. The van der Waals surface area contributed by atoms with E-state index in [1.165, 1.54) is 12.1 Å². The van der Waals surface area contributed by atoms with Crippen LogP contribution in [0.1, 0.15) is 28.4 Å². The van der Waals surface area contributed by atoms with Gasteiger partial charge in [0.05, 0.1) is 17.4 Å². The van der Waals surface area contributed by atoms with E-state index in [0.717, 1.165) is 15.4 Å². The van der Waals surface area contributed by atoms with Crippen molar-refractivity contribution in [3.05, 3.63) is 65.2 Å². The third-order valence-electron chi connectivity index (χ3n) is 4.40. The zero-order chi connectivity index (χ0) is 18.9. The van der Waals surface area contributed by atoms with E-state index in [-0.39, 0.29) is 17.3 Å². The SMILES string of the molecule is Cc1ccccc1CNC(=O)c1cccc(N2C(=O)[C@@H](C)CS2(=O)=O)c1. The maximum atomic E-state index is 12.4. The second-order valence-corrected chi connectivity index (χ2v) is 8.30. The number of benzene rings is 2. The largest absolute Gasteiger partial charge is 0.348 e. The number of nitrogens with zero attached hydrogens (tertiary/aromatic N) is 1. The number of aryl methyl sites for hydroxylation is 1. The van der Waals surface area contributed by atoms with Crippen molar-refractivity contribution in [3.8, 4) is 0 Å². The number of rotatable bonds is 4. The Kier molecular flexibility index (Phi) is 4.82. The lowest BCUT2D eigenvalue weighted by Gasteiger charge is -2.16. The summed E-state index contributed by atoms with van der Waals surface area (Å²) < 4.78 is 25.2. The molecule has 0 aromatic heterocycles. The number of anilines is 1. The molecule has 0 radical (unpaired) electrons. The van der Waals surface area contributed by atoms with E-state index in [1.54, 1.807) is 19.1 Å². The molecule has 0 spiro atoms. The third-order valence-corrected chi connectivity index (χ3v) is 6.27. The quantitative estimate of drug-likeness (QED) is 0.892. The maximum absolute atomic E-state index is 12.4. The molecular weight excluding hydrogens is 352 g/mol. The van der Waals surface area contributed by atoms with Gasteiger partial charge < -0.3 is 5.32 Å². The van der Waals surface area contributed by atoms with Crippen molar-refractivity contribution in [1.29, 1.82) is 0 Å². The minimum atomic E-state index is -3.69. The molecule has 1 heterocycles. The molecule has 2 amide bonds. The summed E-state index contributed by atoms with van der Waals surface area (Å²) in [6.45, 7) is 3.92. The predicted molar refractivity (Wildman–Crippen MR) is 99.2 cm³/mol. The van der Waals surface area contributed by atoms with Gasteiger partial charge in [0.25, 0.3) is 5.91 Å². The molecule has 1 aliphatic rings. The van der Waals surface area contributed by atoms with E-state index in [2.05, 4.69) is 5.32 Å². The van der Waals surface area contributed by atoms with E-state index in [9.17, 15) is 18.0 Å². The predicted octanol–water partition coefficient (Wildman–Crippen LogP) is 2.24. The Bertz CT molecular complexity index is 969. The van der Waals surface area contributed by atoms with Crippen molar-refractivity contribution in [3.63, 3.8) is 0 Å². The van der Waals surface area contributed by atoms with Gasteiger partial charge in [0.15, 0.2) is 0 Å². The lowest BCUT2D eigenvalue weighted by atomic mass is 10.1. The van der Waals surface area contributed by atoms with Crippen molar-refractivity contribution in [2.75, 3.05) is 10.1 Å². The van der Waals surface area contributed by atoms with Crippen molar-refractivity contribution in [1.82, 2.24) is 5.32 Å².